The lowest BCUT2D eigenvalue weighted by molar-refractivity contribution is -0.140. The van der Waals surface area contributed by atoms with Gasteiger partial charge in [0.25, 0.3) is 0 Å². The van der Waals surface area contributed by atoms with E-state index in [4.69, 9.17) is 10.2 Å². The summed E-state index contributed by atoms with van der Waals surface area (Å²) in [5.41, 5.74) is 0. The van der Waals surface area contributed by atoms with E-state index in [9.17, 15) is 14.4 Å². The molecule has 0 aromatic heterocycles. The SMILES string of the molecule is O=C(O)CCC(NC(=O)NC1CCCCCC1)C(=O)O. The van der Waals surface area contributed by atoms with Gasteiger partial charge in [-0.3, -0.25) is 4.79 Å². The van der Waals surface area contributed by atoms with Crippen LogP contribution in [0.15, 0.2) is 0 Å². The highest BCUT2D eigenvalue weighted by Gasteiger charge is 2.22. The molecule has 0 aliphatic heterocycles. The number of aliphatic carboxylic acids is 2. The number of carbonyl (C=O) groups excluding carboxylic acids is 1. The maximum Gasteiger partial charge on any atom is 0.326 e. The summed E-state index contributed by atoms with van der Waals surface area (Å²) >= 11 is 0. The third-order valence-electron chi connectivity index (χ3n) is 3.44. The van der Waals surface area contributed by atoms with Gasteiger partial charge in [0.05, 0.1) is 0 Å². The Bertz CT molecular complexity index is 351. The molecule has 0 heterocycles. The summed E-state index contributed by atoms with van der Waals surface area (Å²) in [5, 5.41) is 22.6. The molecule has 1 rings (SSSR count). The molecule has 1 unspecified atom stereocenters. The van der Waals surface area contributed by atoms with Gasteiger partial charge in [-0.25, -0.2) is 9.59 Å². The molecule has 1 saturated carbocycles. The summed E-state index contributed by atoms with van der Waals surface area (Å²) in [6, 6.07) is -1.63. The maximum absolute atomic E-state index is 11.8. The van der Waals surface area contributed by atoms with Crippen molar-refractivity contribution in [2.45, 2.75) is 63.5 Å². The molecule has 0 aromatic carbocycles. The molecule has 1 aliphatic carbocycles. The molecule has 2 amide bonds. The molecule has 0 radical (unpaired) electrons. The van der Waals surface area contributed by atoms with Gasteiger partial charge < -0.3 is 20.8 Å². The highest BCUT2D eigenvalue weighted by molar-refractivity contribution is 5.83. The van der Waals surface area contributed by atoms with Gasteiger partial charge in [0.15, 0.2) is 0 Å². The number of carbonyl (C=O) groups is 3. The molecule has 0 aromatic rings. The van der Waals surface area contributed by atoms with E-state index < -0.39 is 24.0 Å². The van der Waals surface area contributed by atoms with Crippen LogP contribution < -0.4 is 10.6 Å². The van der Waals surface area contributed by atoms with Gasteiger partial charge in [0.2, 0.25) is 0 Å². The number of amides is 2. The Morgan fingerprint density at radius 3 is 2.15 bits per heavy atom. The van der Waals surface area contributed by atoms with Crippen LogP contribution in [0.1, 0.15) is 51.4 Å². The van der Waals surface area contributed by atoms with E-state index >= 15 is 0 Å². The van der Waals surface area contributed by atoms with E-state index in [0.29, 0.717) is 0 Å². The van der Waals surface area contributed by atoms with Gasteiger partial charge in [0, 0.05) is 12.5 Å². The Morgan fingerprint density at radius 2 is 1.65 bits per heavy atom. The van der Waals surface area contributed by atoms with Gasteiger partial charge in [-0.1, -0.05) is 25.7 Å². The largest absolute Gasteiger partial charge is 0.481 e. The van der Waals surface area contributed by atoms with Crippen molar-refractivity contribution in [2.24, 2.45) is 0 Å². The maximum atomic E-state index is 11.8. The van der Waals surface area contributed by atoms with Gasteiger partial charge in [-0.15, -0.1) is 0 Å². The zero-order valence-corrected chi connectivity index (χ0v) is 11.4. The van der Waals surface area contributed by atoms with Crippen LogP contribution in [0.25, 0.3) is 0 Å². The fourth-order valence-electron chi connectivity index (χ4n) is 2.33. The van der Waals surface area contributed by atoms with Crippen molar-refractivity contribution in [3.63, 3.8) is 0 Å². The van der Waals surface area contributed by atoms with E-state index in [1.807, 2.05) is 0 Å². The third kappa shape index (κ3) is 6.40. The van der Waals surface area contributed by atoms with Crippen LogP contribution in [0.2, 0.25) is 0 Å². The molecular formula is C13H22N2O5. The van der Waals surface area contributed by atoms with Crippen LogP contribution >= 0.6 is 0 Å². The Kier molecular flexibility index (Phi) is 6.83. The first-order valence-corrected chi connectivity index (χ1v) is 7.00. The lowest BCUT2D eigenvalue weighted by Gasteiger charge is -2.19. The van der Waals surface area contributed by atoms with Crippen LogP contribution in [-0.4, -0.2) is 40.3 Å². The van der Waals surface area contributed by atoms with E-state index in [1.54, 1.807) is 0 Å². The standard InChI is InChI=1S/C13H22N2O5/c16-11(17)8-7-10(12(18)19)15-13(20)14-9-5-3-1-2-4-6-9/h9-10H,1-8H2,(H,16,17)(H,18,19)(H2,14,15,20). The van der Waals surface area contributed by atoms with E-state index in [1.165, 1.54) is 0 Å². The predicted molar refractivity (Wildman–Crippen MR) is 71.5 cm³/mol. The quantitative estimate of drug-likeness (QED) is 0.550. The number of carboxylic acid groups (broad SMARTS) is 2. The van der Waals surface area contributed by atoms with Crippen LogP contribution in [-0.2, 0) is 9.59 Å². The van der Waals surface area contributed by atoms with Gasteiger partial charge in [-0.05, 0) is 19.3 Å². The molecule has 1 fully saturated rings. The molecule has 7 nitrogen and oxygen atoms in total. The number of urea groups is 1. The third-order valence-corrected chi connectivity index (χ3v) is 3.44. The van der Waals surface area contributed by atoms with Gasteiger partial charge in [0.1, 0.15) is 6.04 Å². The van der Waals surface area contributed by atoms with Gasteiger partial charge in [-0.2, -0.15) is 0 Å². The number of carboxylic acids is 2. The van der Waals surface area contributed by atoms with Crippen molar-refractivity contribution in [3.05, 3.63) is 0 Å². The summed E-state index contributed by atoms with van der Waals surface area (Å²) in [7, 11) is 0. The highest BCUT2D eigenvalue weighted by Crippen LogP contribution is 2.17. The number of hydrogen-bond acceptors (Lipinski definition) is 3. The zero-order valence-electron chi connectivity index (χ0n) is 11.4. The molecule has 20 heavy (non-hydrogen) atoms. The first-order valence-electron chi connectivity index (χ1n) is 7.00. The van der Waals surface area contributed by atoms with E-state index in [0.717, 1.165) is 38.5 Å². The second-order valence-electron chi connectivity index (χ2n) is 5.13. The molecular weight excluding hydrogens is 264 g/mol. The van der Waals surface area contributed by atoms with Crippen molar-refractivity contribution in [1.82, 2.24) is 10.6 Å². The van der Waals surface area contributed by atoms with Crippen LogP contribution in [0, 0.1) is 0 Å². The molecule has 114 valence electrons. The smallest absolute Gasteiger partial charge is 0.326 e. The van der Waals surface area contributed by atoms with Crippen molar-refractivity contribution < 1.29 is 24.6 Å². The number of hydrogen-bond donors (Lipinski definition) is 4. The zero-order chi connectivity index (χ0) is 15.0. The van der Waals surface area contributed by atoms with Crippen molar-refractivity contribution in [1.29, 1.82) is 0 Å². The normalized spacial score (nSPS) is 17.8. The van der Waals surface area contributed by atoms with Crippen molar-refractivity contribution in [2.75, 3.05) is 0 Å². The Hall–Kier alpha value is -1.79. The Balaban J connectivity index is 2.40. The molecule has 0 saturated heterocycles. The fourth-order valence-corrected chi connectivity index (χ4v) is 2.33. The minimum absolute atomic E-state index is 0.0754. The highest BCUT2D eigenvalue weighted by atomic mass is 16.4. The molecule has 7 heteroatoms. The fraction of sp³-hybridized carbons (Fsp3) is 0.769. The van der Waals surface area contributed by atoms with Crippen molar-refractivity contribution in [3.8, 4) is 0 Å². The minimum Gasteiger partial charge on any atom is -0.481 e. The topological polar surface area (TPSA) is 116 Å². The van der Waals surface area contributed by atoms with E-state index in [2.05, 4.69) is 10.6 Å². The average Bonchev–Trinajstić information content (AvgIpc) is 2.62. The first-order chi connectivity index (χ1) is 9.49. The summed E-state index contributed by atoms with van der Waals surface area (Å²) in [6.07, 6.45) is 5.84. The second kappa shape index (κ2) is 8.39. The molecule has 0 spiro atoms. The predicted octanol–water partition coefficient (Wildman–Crippen LogP) is 1.33. The molecule has 1 aliphatic rings. The summed E-state index contributed by atoms with van der Waals surface area (Å²) in [4.78, 5) is 33.2. The minimum atomic E-state index is -1.22. The van der Waals surface area contributed by atoms with Crippen LogP contribution in [0.3, 0.4) is 0 Å². The summed E-state index contributed by atoms with van der Waals surface area (Å²) in [6.45, 7) is 0. The first kappa shape index (κ1) is 16.3. The van der Waals surface area contributed by atoms with Gasteiger partial charge >= 0.3 is 18.0 Å². The lowest BCUT2D eigenvalue weighted by Crippen LogP contribution is -2.49. The molecule has 1 atom stereocenters. The Morgan fingerprint density at radius 1 is 1.05 bits per heavy atom. The lowest BCUT2D eigenvalue weighted by atomic mass is 10.1. The Labute approximate surface area is 117 Å². The summed E-state index contributed by atoms with van der Waals surface area (Å²) < 4.78 is 0. The second-order valence-corrected chi connectivity index (χ2v) is 5.13. The molecule has 0 bridgehead atoms. The number of rotatable bonds is 6. The van der Waals surface area contributed by atoms with E-state index in [-0.39, 0.29) is 18.9 Å². The molecule has 4 N–H and O–H groups in total. The van der Waals surface area contributed by atoms with Crippen molar-refractivity contribution >= 4 is 18.0 Å². The number of nitrogens with one attached hydrogen (secondary N) is 2. The summed E-state index contributed by atoms with van der Waals surface area (Å²) in [5.74, 6) is -2.30. The average molecular weight is 286 g/mol. The monoisotopic (exact) mass is 286 g/mol. The van der Waals surface area contributed by atoms with Crippen LogP contribution in [0.5, 0.6) is 0 Å². The van der Waals surface area contributed by atoms with Crippen LogP contribution in [0.4, 0.5) is 4.79 Å².